The number of nitrogens with zero attached hydrogens (tertiary/aromatic N) is 1. The third kappa shape index (κ3) is 3.54. The Morgan fingerprint density at radius 1 is 1.11 bits per heavy atom. The number of rotatable bonds is 7. The summed E-state index contributed by atoms with van der Waals surface area (Å²) < 4.78 is 17.4. The van der Waals surface area contributed by atoms with Gasteiger partial charge in [0, 0.05) is 19.1 Å². The Morgan fingerprint density at radius 3 is 2.31 bits per heavy atom. The molecule has 3 aliphatic rings. The molecule has 35 heavy (non-hydrogen) atoms. The number of carbonyl (C=O) groups is 3. The number of carboxylic acid groups (broad SMARTS) is 2. The molecule has 0 radical (unpaired) electrons. The van der Waals surface area contributed by atoms with Crippen LogP contribution in [0.4, 0.5) is 4.79 Å². The monoisotopic (exact) mass is 489 g/mol. The number of hydrogen-bond donors (Lipinski definition) is 2. The molecule has 9 nitrogen and oxygen atoms in total. The summed E-state index contributed by atoms with van der Waals surface area (Å²) in [6, 6.07) is 9.25. The van der Waals surface area contributed by atoms with Gasteiger partial charge in [-0.25, -0.2) is 4.79 Å². The first-order valence-corrected chi connectivity index (χ1v) is 12.1. The lowest BCUT2D eigenvalue weighted by molar-refractivity contribution is -0.193. The number of fused-ring (bicyclic) bond motifs is 1. The van der Waals surface area contributed by atoms with Crippen LogP contribution in [-0.2, 0) is 30.4 Å². The van der Waals surface area contributed by atoms with Gasteiger partial charge in [0.25, 0.3) is 0 Å². The lowest BCUT2D eigenvalue weighted by atomic mass is 9.62. The fourth-order valence-corrected chi connectivity index (χ4v) is 6.56. The van der Waals surface area contributed by atoms with Gasteiger partial charge in [-0.3, -0.25) is 9.59 Å². The van der Waals surface area contributed by atoms with Gasteiger partial charge in [-0.05, 0) is 37.2 Å². The second-order valence-corrected chi connectivity index (χ2v) is 11.0. The molecule has 2 N–H and O–H groups in total. The first kappa shape index (κ1) is 25.4. The Hall–Kier alpha value is -2.65. The van der Waals surface area contributed by atoms with Gasteiger partial charge < -0.3 is 29.3 Å². The maximum absolute atomic E-state index is 13.4. The molecule has 2 saturated heterocycles. The van der Waals surface area contributed by atoms with Crippen LogP contribution in [0.2, 0.25) is 0 Å². The molecule has 1 aliphatic carbocycles. The second-order valence-electron chi connectivity index (χ2n) is 11.0. The molecule has 0 spiro atoms. The lowest BCUT2D eigenvalue weighted by Gasteiger charge is -2.52. The SMILES string of the molecule is CC(C)(C)C1(C)N(C(=O)OCc2ccccc2)CC2C(C(=O)O)(C(=O)O)C21COC1CCCCO1. The summed E-state index contributed by atoms with van der Waals surface area (Å²) in [4.78, 5) is 40.1. The zero-order valence-corrected chi connectivity index (χ0v) is 20.8. The fourth-order valence-electron chi connectivity index (χ4n) is 6.56. The zero-order chi connectivity index (χ0) is 25.6. The minimum Gasteiger partial charge on any atom is -0.480 e. The van der Waals surface area contributed by atoms with E-state index in [1.165, 1.54) is 4.90 Å². The van der Waals surface area contributed by atoms with Crippen LogP contribution in [0.3, 0.4) is 0 Å². The second kappa shape index (κ2) is 8.78. The first-order chi connectivity index (χ1) is 16.4. The van der Waals surface area contributed by atoms with E-state index in [2.05, 4.69) is 0 Å². The maximum Gasteiger partial charge on any atom is 0.410 e. The van der Waals surface area contributed by atoms with Crippen molar-refractivity contribution in [1.82, 2.24) is 4.90 Å². The zero-order valence-electron chi connectivity index (χ0n) is 20.8. The van der Waals surface area contributed by atoms with Crippen LogP contribution in [0.5, 0.6) is 0 Å². The Labute approximate surface area is 205 Å². The molecule has 1 aromatic carbocycles. The van der Waals surface area contributed by atoms with Gasteiger partial charge in [-0.15, -0.1) is 0 Å². The van der Waals surface area contributed by atoms with Gasteiger partial charge in [0.15, 0.2) is 11.7 Å². The largest absolute Gasteiger partial charge is 0.480 e. The number of ether oxygens (including phenoxy) is 3. The van der Waals surface area contributed by atoms with Gasteiger partial charge in [0.1, 0.15) is 6.61 Å². The average Bonchev–Trinajstić information content (AvgIpc) is 3.34. The Balaban J connectivity index is 1.70. The van der Waals surface area contributed by atoms with Crippen molar-refractivity contribution in [2.45, 2.75) is 65.4 Å². The number of benzene rings is 1. The molecular weight excluding hydrogens is 454 g/mol. The van der Waals surface area contributed by atoms with Crippen LogP contribution in [0.15, 0.2) is 30.3 Å². The highest BCUT2D eigenvalue weighted by atomic mass is 16.7. The van der Waals surface area contributed by atoms with Crippen LogP contribution < -0.4 is 0 Å². The number of likely N-dealkylation sites (tertiary alicyclic amines) is 1. The molecular formula is C26H35NO8. The van der Waals surface area contributed by atoms with Gasteiger partial charge in [0.2, 0.25) is 0 Å². The van der Waals surface area contributed by atoms with E-state index >= 15 is 0 Å². The highest BCUT2D eigenvalue weighted by Gasteiger charge is 2.95. The molecule has 4 unspecified atom stereocenters. The topological polar surface area (TPSA) is 123 Å². The molecule has 0 aromatic heterocycles. The summed E-state index contributed by atoms with van der Waals surface area (Å²) in [6.45, 7) is 7.85. The maximum atomic E-state index is 13.4. The summed E-state index contributed by atoms with van der Waals surface area (Å²) in [6.07, 6.45) is 1.36. The van der Waals surface area contributed by atoms with Crippen molar-refractivity contribution in [3.8, 4) is 0 Å². The predicted molar refractivity (Wildman–Crippen MR) is 124 cm³/mol. The van der Waals surface area contributed by atoms with Crippen LogP contribution in [0.1, 0.15) is 52.5 Å². The quantitative estimate of drug-likeness (QED) is 0.555. The Kier molecular flexibility index (Phi) is 6.38. The van der Waals surface area contributed by atoms with E-state index in [1.807, 2.05) is 51.1 Å². The molecule has 1 saturated carbocycles. The van der Waals surface area contributed by atoms with Gasteiger partial charge >= 0.3 is 18.0 Å². The molecule has 4 atom stereocenters. The molecule has 2 heterocycles. The molecule has 2 aliphatic heterocycles. The van der Waals surface area contributed by atoms with Crippen LogP contribution in [0.25, 0.3) is 0 Å². The van der Waals surface area contributed by atoms with E-state index in [-0.39, 0.29) is 19.8 Å². The van der Waals surface area contributed by atoms with Gasteiger partial charge in [0.05, 0.1) is 17.6 Å². The van der Waals surface area contributed by atoms with Crippen molar-refractivity contribution >= 4 is 18.0 Å². The highest BCUT2D eigenvalue weighted by molar-refractivity contribution is 6.05. The molecule has 1 aromatic rings. The lowest BCUT2D eigenvalue weighted by Crippen LogP contribution is -2.64. The fraction of sp³-hybridized carbons (Fsp3) is 0.654. The predicted octanol–water partition coefficient (Wildman–Crippen LogP) is 3.76. The Bertz CT molecular complexity index is 969. The van der Waals surface area contributed by atoms with E-state index in [0.717, 1.165) is 18.4 Å². The van der Waals surface area contributed by atoms with E-state index in [9.17, 15) is 24.6 Å². The van der Waals surface area contributed by atoms with E-state index in [4.69, 9.17) is 14.2 Å². The number of piperidine rings is 1. The van der Waals surface area contributed by atoms with Crippen molar-refractivity contribution in [2.24, 2.45) is 22.2 Å². The average molecular weight is 490 g/mol. The summed E-state index contributed by atoms with van der Waals surface area (Å²) in [5, 5.41) is 20.5. The van der Waals surface area contributed by atoms with E-state index in [0.29, 0.717) is 13.0 Å². The standard InChI is InChI=1S/C26H35NO8/c1-23(2,3)24(4)25(16-35-19-12-8-9-13-33-19)18(26(25,20(28)29)21(30)31)14-27(24)22(32)34-15-17-10-6-5-7-11-17/h5-7,10-11,18-19H,8-9,12-16H2,1-4H3,(H,28,29)(H,30,31). The molecule has 4 rings (SSSR count). The number of amides is 1. The third-order valence-corrected chi connectivity index (χ3v) is 8.71. The van der Waals surface area contributed by atoms with Crippen LogP contribution in [-0.4, -0.2) is 64.7 Å². The molecule has 192 valence electrons. The van der Waals surface area contributed by atoms with Crippen LogP contribution in [0, 0.1) is 22.2 Å². The van der Waals surface area contributed by atoms with E-state index in [1.54, 1.807) is 6.92 Å². The number of carbonyl (C=O) groups excluding carboxylic acids is 1. The van der Waals surface area contributed by atoms with Crippen molar-refractivity contribution < 1.29 is 38.8 Å². The minimum absolute atomic E-state index is 0.0467. The summed E-state index contributed by atoms with van der Waals surface area (Å²) in [5.41, 5.74) is -4.50. The van der Waals surface area contributed by atoms with Gasteiger partial charge in [-0.2, -0.15) is 0 Å². The van der Waals surface area contributed by atoms with Gasteiger partial charge in [-0.1, -0.05) is 51.1 Å². The highest BCUT2D eigenvalue weighted by Crippen LogP contribution is 2.81. The number of carboxylic acids is 2. The van der Waals surface area contributed by atoms with Crippen molar-refractivity contribution in [3.63, 3.8) is 0 Å². The Morgan fingerprint density at radius 2 is 1.77 bits per heavy atom. The first-order valence-electron chi connectivity index (χ1n) is 12.1. The van der Waals surface area contributed by atoms with Crippen molar-refractivity contribution in [2.75, 3.05) is 19.8 Å². The van der Waals surface area contributed by atoms with Crippen molar-refractivity contribution in [3.05, 3.63) is 35.9 Å². The molecule has 1 amide bonds. The number of aliphatic carboxylic acids is 2. The minimum atomic E-state index is -2.07. The molecule has 0 bridgehead atoms. The molecule has 3 fully saturated rings. The number of hydrogen-bond acceptors (Lipinski definition) is 6. The molecule has 9 heteroatoms. The van der Waals surface area contributed by atoms with Crippen LogP contribution >= 0.6 is 0 Å². The smallest absolute Gasteiger partial charge is 0.410 e. The summed E-state index contributed by atoms with van der Waals surface area (Å²) in [5.74, 6) is -3.64. The van der Waals surface area contributed by atoms with Crippen molar-refractivity contribution in [1.29, 1.82) is 0 Å². The normalized spacial score (nSPS) is 31.5. The van der Waals surface area contributed by atoms with E-state index < -0.39 is 52.0 Å². The summed E-state index contributed by atoms with van der Waals surface area (Å²) >= 11 is 0. The summed E-state index contributed by atoms with van der Waals surface area (Å²) in [7, 11) is 0. The third-order valence-electron chi connectivity index (χ3n) is 8.71.